The Bertz CT molecular complexity index is 976. The molecule has 10 radical (unpaired) electrons. The maximum atomic E-state index is 12.8. The van der Waals surface area contributed by atoms with Gasteiger partial charge in [0.2, 0.25) is 5.91 Å². The third-order valence-electron chi connectivity index (χ3n) is 5.09. The van der Waals surface area contributed by atoms with Crippen LogP contribution in [0.3, 0.4) is 0 Å². The molecule has 4 rings (SSSR count). The van der Waals surface area contributed by atoms with E-state index in [0.29, 0.717) is 5.56 Å². The van der Waals surface area contributed by atoms with E-state index in [0.717, 1.165) is 22.3 Å². The molecule has 1 atom stereocenters. The second-order valence-electron chi connectivity index (χ2n) is 7.60. The minimum atomic E-state index is -0.778. The first-order valence-electron chi connectivity index (χ1n) is 11.2. The zero-order valence-corrected chi connectivity index (χ0v) is 20.7. The van der Waals surface area contributed by atoms with Gasteiger partial charge in [0, 0.05) is 11.5 Å². The van der Waals surface area contributed by atoms with Gasteiger partial charge in [-0.25, -0.2) is 4.79 Å². The van der Waals surface area contributed by atoms with Crippen LogP contribution in [0.2, 0.25) is 0 Å². The second-order valence-corrected chi connectivity index (χ2v) is 7.60. The average Bonchev–Trinajstić information content (AvgIpc) is 3.59. The molecule has 2 amide bonds. The number of fused-ring (bicyclic) bond motifs is 1. The quantitative estimate of drug-likeness (QED) is 0.440. The van der Waals surface area contributed by atoms with Gasteiger partial charge >= 0.3 is 23.0 Å². The fourth-order valence-corrected chi connectivity index (χ4v) is 3.42. The normalized spacial score (nSPS) is 15.9. The number of hydrogen-bond acceptors (Lipinski definition) is 4. The van der Waals surface area contributed by atoms with Crippen molar-refractivity contribution in [2.24, 2.45) is 0 Å². The Labute approximate surface area is 219 Å². The SMILES string of the molecule is CCOC(=O)[C@H](C)NC(=O)CNC(=O)c1cc2ccccc2cc1[C]1[CH][CH][CH][CH]1.[CH]1[CH][CH][CH][CH]1.[Fe+2]. The molecule has 2 fully saturated rings. The van der Waals surface area contributed by atoms with E-state index in [1.807, 2.05) is 94.2 Å². The Morgan fingerprint density at radius 3 is 2.03 bits per heavy atom. The molecule has 0 heterocycles. The molecule has 7 heteroatoms. The summed E-state index contributed by atoms with van der Waals surface area (Å²) < 4.78 is 4.86. The van der Waals surface area contributed by atoms with Crippen molar-refractivity contribution in [3.05, 3.63) is 111 Å². The first-order valence-corrected chi connectivity index (χ1v) is 11.2. The molecule has 0 spiro atoms. The van der Waals surface area contributed by atoms with Crippen molar-refractivity contribution >= 4 is 28.6 Å². The van der Waals surface area contributed by atoms with Crippen molar-refractivity contribution in [1.82, 2.24) is 10.6 Å². The first kappa shape index (κ1) is 28.9. The van der Waals surface area contributed by atoms with E-state index in [2.05, 4.69) is 10.6 Å². The first-order chi connectivity index (χ1) is 16.5. The molecule has 2 aliphatic carbocycles. The minimum Gasteiger partial charge on any atom is -0.464 e. The molecule has 0 aliphatic heterocycles. The molecule has 0 bridgehead atoms. The van der Waals surface area contributed by atoms with Crippen molar-refractivity contribution in [2.75, 3.05) is 13.2 Å². The van der Waals surface area contributed by atoms with Gasteiger partial charge in [-0.3, -0.25) is 9.59 Å². The molecule has 2 saturated carbocycles. The third-order valence-corrected chi connectivity index (χ3v) is 5.09. The molecule has 180 valence electrons. The van der Waals surface area contributed by atoms with Crippen molar-refractivity contribution in [3.8, 4) is 0 Å². The van der Waals surface area contributed by atoms with Gasteiger partial charge in [0.25, 0.3) is 5.91 Å². The average molecular weight is 512 g/mol. The number of ether oxygens (including phenoxy) is 1. The number of benzene rings is 2. The standard InChI is InChI=1S/C23H23N2O4.C5H5.Fe/c1-3-29-23(28)15(2)25-21(26)14-24-22(27)20-13-18-11-7-6-10-17(18)12-19(20)16-8-4-5-9-16;1-2-4-5-3-1;/h4-13,15H,3,14H2,1-2H3,(H,24,27)(H,25,26);1-5H;/q;;+2/t15-;;/m0../s1. The van der Waals surface area contributed by atoms with Crippen LogP contribution in [-0.2, 0) is 31.4 Å². The van der Waals surface area contributed by atoms with Crippen LogP contribution in [0, 0.1) is 63.7 Å². The largest absolute Gasteiger partial charge is 2.00 e. The molecule has 2 aromatic carbocycles. The van der Waals surface area contributed by atoms with Gasteiger partial charge in [0.15, 0.2) is 0 Å². The second kappa shape index (κ2) is 14.9. The summed E-state index contributed by atoms with van der Waals surface area (Å²) in [6.45, 7) is 3.23. The summed E-state index contributed by atoms with van der Waals surface area (Å²) in [4.78, 5) is 36.6. The Kier molecular flexibility index (Phi) is 12.3. The van der Waals surface area contributed by atoms with Gasteiger partial charge in [-0.15, -0.1) is 0 Å². The molecule has 35 heavy (non-hydrogen) atoms. The summed E-state index contributed by atoms with van der Waals surface area (Å²) in [5, 5.41) is 7.12. The Hall–Kier alpha value is -2.37. The smallest absolute Gasteiger partial charge is 0.464 e. The van der Waals surface area contributed by atoms with Crippen LogP contribution in [0.15, 0.2) is 36.4 Å². The van der Waals surface area contributed by atoms with Crippen LogP contribution >= 0.6 is 0 Å². The van der Waals surface area contributed by atoms with Gasteiger partial charge in [0.1, 0.15) is 6.04 Å². The number of carbonyl (C=O) groups excluding carboxylic acids is 3. The molecule has 0 unspecified atom stereocenters. The minimum absolute atomic E-state index is 0. The van der Waals surface area contributed by atoms with Crippen molar-refractivity contribution in [3.63, 3.8) is 0 Å². The maximum absolute atomic E-state index is 12.8. The molecule has 2 N–H and O–H groups in total. The van der Waals surface area contributed by atoms with E-state index in [1.54, 1.807) is 6.92 Å². The zero-order valence-electron chi connectivity index (χ0n) is 19.6. The van der Waals surface area contributed by atoms with Gasteiger partial charge in [-0.2, -0.15) is 0 Å². The van der Waals surface area contributed by atoms with Crippen molar-refractivity contribution in [1.29, 1.82) is 0 Å². The fraction of sp³-hybridized carbons (Fsp3) is 0.179. The number of hydrogen-bond donors (Lipinski definition) is 2. The summed E-state index contributed by atoms with van der Waals surface area (Å²) in [7, 11) is 0. The zero-order chi connectivity index (χ0) is 24.3. The van der Waals surface area contributed by atoms with E-state index < -0.39 is 17.9 Å². The maximum Gasteiger partial charge on any atom is 2.00 e. The van der Waals surface area contributed by atoms with Gasteiger partial charge in [-0.1, -0.05) is 24.3 Å². The van der Waals surface area contributed by atoms with E-state index in [9.17, 15) is 14.4 Å². The van der Waals surface area contributed by atoms with Crippen LogP contribution in [-0.4, -0.2) is 37.0 Å². The van der Waals surface area contributed by atoms with E-state index in [1.165, 1.54) is 6.92 Å². The topological polar surface area (TPSA) is 84.5 Å². The molecule has 0 aromatic heterocycles. The molecule has 2 aliphatic rings. The number of rotatable bonds is 7. The Morgan fingerprint density at radius 2 is 1.46 bits per heavy atom. The molecular weight excluding hydrogens is 484 g/mol. The summed E-state index contributed by atoms with van der Waals surface area (Å²) in [5.74, 6) is -0.401. The van der Waals surface area contributed by atoms with E-state index >= 15 is 0 Å². The van der Waals surface area contributed by atoms with E-state index in [4.69, 9.17) is 4.74 Å². The van der Waals surface area contributed by atoms with Gasteiger partial charge in [-0.05, 0) is 100 Å². The third kappa shape index (κ3) is 8.66. The van der Waals surface area contributed by atoms with Gasteiger partial charge < -0.3 is 15.4 Å². The van der Waals surface area contributed by atoms with Crippen LogP contribution in [0.4, 0.5) is 0 Å². The van der Waals surface area contributed by atoms with Crippen molar-refractivity contribution < 1.29 is 36.2 Å². The summed E-state index contributed by atoms with van der Waals surface area (Å²) in [6.07, 6.45) is 17.7. The number of amides is 2. The van der Waals surface area contributed by atoms with Crippen LogP contribution in [0.25, 0.3) is 10.8 Å². The number of esters is 1. The molecule has 6 nitrogen and oxygen atoms in total. The predicted octanol–water partition coefficient (Wildman–Crippen LogP) is 3.41. The summed E-state index contributed by atoms with van der Waals surface area (Å²) >= 11 is 0. The Balaban J connectivity index is 0.000000640. The van der Waals surface area contributed by atoms with E-state index in [-0.39, 0.29) is 36.1 Å². The van der Waals surface area contributed by atoms with Crippen LogP contribution in [0.1, 0.15) is 29.8 Å². The van der Waals surface area contributed by atoms with Crippen LogP contribution < -0.4 is 10.6 Å². The molecular formula is C28H28FeN2O4+2. The predicted molar refractivity (Wildman–Crippen MR) is 132 cm³/mol. The summed E-state index contributed by atoms with van der Waals surface area (Å²) in [6, 6.07) is 10.8. The van der Waals surface area contributed by atoms with Gasteiger partial charge in [0.05, 0.1) is 13.2 Å². The Morgan fingerprint density at radius 1 is 0.886 bits per heavy atom. The van der Waals surface area contributed by atoms with Crippen LogP contribution in [0.5, 0.6) is 0 Å². The molecule has 2 aromatic rings. The fourth-order valence-electron chi connectivity index (χ4n) is 3.42. The monoisotopic (exact) mass is 512 g/mol. The number of nitrogens with one attached hydrogen (secondary N) is 2. The number of carbonyl (C=O) groups is 3. The summed E-state index contributed by atoms with van der Waals surface area (Å²) in [5.41, 5.74) is 1.28. The van der Waals surface area contributed by atoms with Crippen molar-refractivity contribution in [2.45, 2.75) is 19.9 Å². The molecule has 0 saturated heterocycles.